The highest BCUT2D eigenvalue weighted by atomic mass is 79.9. The minimum atomic E-state index is -0.232. The van der Waals surface area contributed by atoms with E-state index in [0.29, 0.717) is 5.33 Å². The SMILES string of the molecule is CN1c2cc(F)ccc2OC1CBr. The maximum absolute atomic E-state index is 12.9. The summed E-state index contributed by atoms with van der Waals surface area (Å²) in [5, 5.41) is 0.708. The maximum atomic E-state index is 12.9. The number of rotatable bonds is 1. The van der Waals surface area contributed by atoms with Crippen LogP contribution in [0.15, 0.2) is 18.2 Å². The van der Waals surface area contributed by atoms with Crippen LogP contribution >= 0.6 is 15.9 Å². The van der Waals surface area contributed by atoms with Crippen LogP contribution in [0.4, 0.5) is 10.1 Å². The van der Waals surface area contributed by atoms with Crippen LogP contribution in [0.5, 0.6) is 5.75 Å². The van der Waals surface area contributed by atoms with Crippen molar-refractivity contribution >= 4 is 21.6 Å². The van der Waals surface area contributed by atoms with Crippen LogP contribution in [0.3, 0.4) is 0 Å². The molecule has 0 saturated heterocycles. The fourth-order valence-corrected chi connectivity index (χ4v) is 1.95. The van der Waals surface area contributed by atoms with Crippen LogP contribution in [0.2, 0.25) is 0 Å². The molecule has 0 N–H and O–H groups in total. The third-order valence-electron chi connectivity index (χ3n) is 2.13. The number of fused-ring (bicyclic) bond motifs is 1. The fraction of sp³-hybridized carbons (Fsp3) is 0.333. The Balaban J connectivity index is 2.39. The largest absolute Gasteiger partial charge is 0.467 e. The Kier molecular flexibility index (Phi) is 2.15. The third-order valence-corrected chi connectivity index (χ3v) is 2.68. The average Bonchev–Trinajstić information content (AvgIpc) is 2.44. The minimum Gasteiger partial charge on any atom is -0.467 e. The Morgan fingerprint density at radius 1 is 1.62 bits per heavy atom. The number of ether oxygens (including phenoxy) is 1. The molecule has 0 radical (unpaired) electrons. The van der Waals surface area contributed by atoms with Gasteiger partial charge in [-0.05, 0) is 12.1 Å². The van der Waals surface area contributed by atoms with Crippen LogP contribution in [0.25, 0.3) is 0 Å². The van der Waals surface area contributed by atoms with Crippen LogP contribution in [-0.4, -0.2) is 18.6 Å². The monoisotopic (exact) mass is 245 g/mol. The zero-order valence-electron chi connectivity index (χ0n) is 7.13. The number of halogens is 2. The van der Waals surface area contributed by atoms with Gasteiger partial charge in [-0.2, -0.15) is 0 Å². The normalized spacial score (nSPS) is 19.9. The van der Waals surface area contributed by atoms with Crippen molar-refractivity contribution in [2.75, 3.05) is 17.3 Å². The lowest BCUT2D eigenvalue weighted by Gasteiger charge is -2.17. The number of hydrogen-bond acceptors (Lipinski definition) is 2. The average molecular weight is 246 g/mol. The lowest BCUT2D eigenvalue weighted by atomic mass is 10.3. The van der Waals surface area contributed by atoms with Gasteiger partial charge in [-0.3, -0.25) is 0 Å². The molecule has 1 unspecified atom stereocenters. The van der Waals surface area contributed by atoms with Crippen molar-refractivity contribution in [1.29, 1.82) is 0 Å². The van der Waals surface area contributed by atoms with E-state index in [0.717, 1.165) is 11.4 Å². The summed E-state index contributed by atoms with van der Waals surface area (Å²) >= 11 is 3.33. The molecule has 0 aliphatic carbocycles. The van der Waals surface area contributed by atoms with Gasteiger partial charge in [0.2, 0.25) is 0 Å². The van der Waals surface area contributed by atoms with Gasteiger partial charge in [0.1, 0.15) is 11.6 Å². The van der Waals surface area contributed by atoms with Gasteiger partial charge in [0.15, 0.2) is 6.23 Å². The first-order chi connectivity index (χ1) is 6.22. The molecule has 2 nitrogen and oxygen atoms in total. The van der Waals surface area contributed by atoms with Gasteiger partial charge < -0.3 is 9.64 Å². The summed E-state index contributed by atoms with van der Waals surface area (Å²) in [4.78, 5) is 1.91. The van der Waals surface area contributed by atoms with Gasteiger partial charge in [-0.25, -0.2) is 4.39 Å². The molecular weight excluding hydrogens is 237 g/mol. The van der Waals surface area contributed by atoms with Crippen LogP contribution in [0, 0.1) is 5.82 Å². The van der Waals surface area contributed by atoms with Crippen molar-refractivity contribution in [3.8, 4) is 5.75 Å². The van der Waals surface area contributed by atoms with Crippen molar-refractivity contribution in [1.82, 2.24) is 0 Å². The zero-order valence-corrected chi connectivity index (χ0v) is 8.71. The second-order valence-electron chi connectivity index (χ2n) is 2.95. The van der Waals surface area contributed by atoms with Crippen molar-refractivity contribution in [3.05, 3.63) is 24.0 Å². The van der Waals surface area contributed by atoms with Gasteiger partial charge in [0.05, 0.1) is 11.0 Å². The lowest BCUT2D eigenvalue weighted by molar-refractivity contribution is 0.257. The molecule has 0 saturated carbocycles. The maximum Gasteiger partial charge on any atom is 0.182 e. The molecule has 70 valence electrons. The quantitative estimate of drug-likeness (QED) is 0.705. The van der Waals surface area contributed by atoms with Crippen molar-refractivity contribution in [2.24, 2.45) is 0 Å². The van der Waals surface area contributed by atoms with Crippen molar-refractivity contribution < 1.29 is 9.13 Å². The molecule has 1 heterocycles. The van der Waals surface area contributed by atoms with E-state index in [1.807, 2.05) is 11.9 Å². The Morgan fingerprint density at radius 3 is 3.08 bits per heavy atom. The van der Waals surface area contributed by atoms with E-state index < -0.39 is 0 Å². The molecule has 1 aliphatic heterocycles. The highest BCUT2D eigenvalue weighted by Crippen LogP contribution is 2.36. The second kappa shape index (κ2) is 3.18. The van der Waals surface area contributed by atoms with Gasteiger partial charge >= 0.3 is 0 Å². The first kappa shape index (κ1) is 8.81. The first-order valence-electron chi connectivity index (χ1n) is 3.97. The summed E-state index contributed by atoms with van der Waals surface area (Å²) in [6.07, 6.45) is -0.0307. The van der Waals surface area contributed by atoms with E-state index in [1.165, 1.54) is 12.1 Å². The number of alkyl halides is 1. The van der Waals surface area contributed by atoms with E-state index in [-0.39, 0.29) is 12.0 Å². The van der Waals surface area contributed by atoms with Crippen molar-refractivity contribution in [3.63, 3.8) is 0 Å². The molecule has 2 rings (SSSR count). The number of benzene rings is 1. The Hall–Kier alpha value is -0.770. The Labute approximate surface area is 84.4 Å². The number of nitrogens with zero attached hydrogens (tertiary/aromatic N) is 1. The number of hydrogen-bond donors (Lipinski definition) is 0. The molecule has 4 heteroatoms. The van der Waals surface area contributed by atoms with E-state index >= 15 is 0 Å². The molecule has 13 heavy (non-hydrogen) atoms. The van der Waals surface area contributed by atoms with Gasteiger partial charge in [-0.15, -0.1) is 0 Å². The molecule has 0 spiro atoms. The molecule has 1 aromatic carbocycles. The van der Waals surface area contributed by atoms with Gasteiger partial charge in [0.25, 0.3) is 0 Å². The summed E-state index contributed by atoms with van der Waals surface area (Å²) in [7, 11) is 1.89. The third kappa shape index (κ3) is 1.39. The second-order valence-corrected chi connectivity index (χ2v) is 3.60. The predicted molar refractivity (Wildman–Crippen MR) is 53.0 cm³/mol. The first-order valence-corrected chi connectivity index (χ1v) is 5.09. The lowest BCUT2D eigenvalue weighted by Crippen LogP contribution is -2.32. The fourth-order valence-electron chi connectivity index (χ4n) is 1.38. The van der Waals surface area contributed by atoms with Gasteiger partial charge in [-0.1, -0.05) is 15.9 Å². The molecule has 0 amide bonds. The van der Waals surface area contributed by atoms with Crippen LogP contribution in [0.1, 0.15) is 0 Å². The molecule has 0 aromatic heterocycles. The summed E-state index contributed by atoms with van der Waals surface area (Å²) in [5.74, 6) is 0.512. The smallest absolute Gasteiger partial charge is 0.182 e. The zero-order chi connectivity index (χ0) is 9.42. The van der Waals surface area contributed by atoms with E-state index in [9.17, 15) is 4.39 Å². The summed E-state index contributed by atoms with van der Waals surface area (Å²) in [6, 6.07) is 4.55. The molecule has 1 aromatic rings. The van der Waals surface area contributed by atoms with E-state index in [1.54, 1.807) is 6.07 Å². The topological polar surface area (TPSA) is 12.5 Å². The van der Waals surface area contributed by atoms with Crippen molar-refractivity contribution in [2.45, 2.75) is 6.23 Å². The van der Waals surface area contributed by atoms with Crippen LogP contribution < -0.4 is 9.64 Å². The van der Waals surface area contributed by atoms with Crippen LogP contribution in [-0.2, 0) is 0 Å². The molecular formula is C9H9BrFNO. The molecule has 1 atom stereocenters. The molecule has 0 fully saturated rings. The van der Waals surface area contributed by atoms with E-state index in [4.69, 9.17) is 4.74 Å². The summed E-state index contributed by atoms with van der Waals surface area (Å²) < 4.78 is 18.4. The highest BCUT2D eigenvalue weighted by Gasteiger charge is 2.26. The Morgan fingerprint density at radius 2 is 2.38 bits per heavy atom. The predicted octanol–water partition coefficient (Wildman–Crippen LogP) is 2.38. The molecule has 1 aliphatic rings. The number of anilines is 1. The summed E-state index contributed by atoms with van der Waals surface area (Å²) in [6.45, 7) is 0. The minimum absolute atomic E-state index is 0.0307. The highest BCUT2D eigenvalue weighted by molar-refractivity contribution is 9.09. The standard InChI is InChI=1S/C9H9BrFNO/c1-12-7-4-6(11)2-3-8(7)13-9(12)5-10/h2-4,9H,5H2,1H3. The summed E-state index contributed by atoms with van der Waals surface area (Å²) in [5.41, 5.74) is 0.810. The van der Waals surface area contributed by atoms with E-state index in [2.05, 4.69) is 15.9 Å². The molecule has 0 bridgehead atoms. The Bertz CT molecular complexity index is 331. The van der Waals surface area contributed by atoms with Gasteiger partial charge in [0, 0.05) is 13.1 Å².